The zero-order valence-electron chi connectivity index (χ0n) is 12.1. The van der Waals surface area contributed by atoms with Gasteiger partial charge in [0.1, 0.15) is 17.7 Å². The van der Waals surface area contributed by atoms with E-state index in [1.807, 2.05) is 24.3 Å². The van der Waals surface area contributed by atoms with Gasteiger partial charge < -0.3 is 0 Å². The van der Waals surface area contributed by atoms with Crippen LogP contribution in [0.5, 0.6) is 0 Å². The predicted molar refractivity (Wildman–Crippen MR) is 101 cm³/mol. The summed E-state index contributed by atoms with van der Waals surface area (Å²) in [6, 6.07) is 16.1. The number of hydrogen-bond acceptors (Lipinski definition) is 3. The Morgan fingerprint density at radius 1 is 0.875 bits per heavy atom. The molecule has 0 N–H and O–H groups in total. The van der Waals surface area contributed by atoms with Crippen LogP contribution in [0.2, 0.25) is 15.1 Å². The third kappa shape index (κ3) is 5.06. The molecule has 0 fully saturated rings. The molecule has 2 rings (SSSR count). The van der Waals surface area contributed by atoms with Crippen LogP contribution in [-0.2, 0) is 0 Å². The second kappa shape index (κ2) is 8.83. The van der Waals surface area contributed by atoms with E-state index >= 15 is 0 Å². The Bertz CT molecular complexity index is 872. The SMILES string of the molecule is N#CC(C#N)=CC=C(Sc1cc(Cl)ccc1Cl)c1ccc(Cl)cc1. The summed E-state index contributed by atoms with van der Waals surface area (Å²) in [5.41, 5.74) is 0.895. The fourth-order valence-corrected chi connectivity index (χ4v) is 3.31. The summed E-state index contributed by atoms with van der Waals surface area (Å²) in [4.78, 5) is 1.58. The van der Waals surface area contributed by atoms with Gasteiger partial charge in [0.15, 0.2) is 0 Å². The predicted octanol–water partition coefficient (Wildman–Crippen LogP) is 6.75. The Morgan fingerprint density at radius 3 is 2.12 bits per heavy atom. The van der Waals surface area contributed by atoms with Crippen LogP contribution in [0.4, 0.5) is 0 Å². The molecule has 0 radical (unpaired) electrons. The lowest BCUT2D eigenvalue weighted by atomic mass is 10.2. The Hall–Kier alpha value is -1.88. The molecular weight excluding hydrogens is 383 g/mol. The number of nitriles is 2. The van der Waals surface area contributed by atoms with Gasteiger partial charge in [-0.15, -0.1) is 0 Å². The maximum Gasteiger partial charge on any atom is 0.129 e. The molecule has 0 aliphatic rings. The van der Waals surface area contributed by atoms with E-state index in [9.17, 15) is 0 Å². The molecule has 0 saturated heterocycles. The Morgan fingerprint density at radius 2 is 1.50 bits per heavy atom. The van der Waals surface area contributed by atoms with Gasteiger partial charge in [-0.05, 0) is 48.0 Å². The van der Waals surface area contributed by atoms with E-state index in [1.165, 1.54) is 17.8 Å². The first-order valence-corrected chi connectivity index (χ1v) is 8.59. The van der Waals surface area contributed by atoms with Crippen LogP contribution in [0.3, 0.4) is 0 Å². The maximum absolute atomic E-state index is 8.88. The van der Waals surface area contributed by atoms with Gasteiger partial charge in [-0.2, -0.15) is 10.5 Å². The van der Waals surface area contributed by atoms with Gasteiger partial charge in [0.05, 0.1) is 5.02 Å². The van der Waals surface area contributed by atoms with E-state index in [4.69, 9.17) is 45.3 Å². The highest BCUT2D eigenvalue weighted by atomic mass is 35.5. The van der Waals surface area contributed by atoms with Crippen LogP contribution in [0.15, 0.2) is 65.1 Å². The second-order valence-corrected chi connectivity index (χ2v) is 6.88. The van der Waals surface area contributed by atoms with Crippen LogP contribution >= 0.6 is 46.6 Å². The van der Waals surface area contributed by atoms with Crippen LogP contribution < -0.4 is 0 Å². The lowest BCUT2D eigenvalue weighted by Crippen LogP contribution is -1.83. The highest BCUT2D eigenvalue weighted by Gasteiger charge is 2.08. The number of thioether (sulfide) groups is 1. The third-order valence-electron chi connectivity index (χ3n) is 2.88. The number of nitrogens with zero attached hydrogens (tertiary/aromatic N) is 2. The molecule has 0 aliphatic heterocycles. The van der Waals surface area contributed by atoms with Gasteiger partial charge >= 0.3 is 0 Å². The lowest BCUT2D eigenvalue weighted by molar-refractivity contribution is 1.46. The van der Waals surface area contributed by atoms with Gasteiger partial charge in [0.2, 0.25) is 0 Å². The molecule has 2 aromatic rings. The quantitative estimate of drug-likeness (QED) is 0.329. The van der Waals surface area contributed by atoms with Crippen molar-refractivity contribution in [3.05, 3.63) is 80.8 Å². The number of hydrogen-bond donors (Lipinski definition) is 0. The number of rotatable bonds is 4. The highest BCUT2D eigenvalue weighted by molar-refractivity contribution is 8.08. The molecule has 0 amide bonds. The van der Waals surface area contributed by atoms with E-state index in [0.717, 1.165) is 15.4 Å². The topological polar surface area (TPSA) is 47.6 Å². The van der Waals surface area contributed by atoms with Crippen molar-refractivity contribution in [2.75, 3.05) is 0 Å². The minimum Gasteiger partial charge on any atom is -0.192 e. The number of allylic oxidation sites excluding steroid dienone is 3. The molecule has 6 heteroatoms. The average molecular weight is 392 g/mol. The minimum absolute atomic E-state index is 0.0132. The average Bonchev–Trinajstić information content (AvgIpc) is 2.58. The smallest absolute Gasteiger partial charge is 0.129 e. The summed E-state index contributed by atoms with van der Waals surface area (Å²) in [6.07, 6.45) is 3.17. The molecule has 2 nitrogen and oxygen atoms in total. The zero-order valence-corrected chi connectivity index (χ0v) is 15.2. The number of benzene rings is 2. The van der Waals surface area contributed by atoms with E-state index in [1.54, 1.807) is 36.4 Å². The van der Waals surface area contributed by atoms with Gasteiger partial charge in [0.25, 0.3) is 0 Å². The molecule has 0 atom stereocenters. The van der Waals surface area contributed by atoms with Crippen molar-refractivity contribution in [3.63, 3.8) is 0 Å². The monoisotopic (exact) mass is 390 g/mol. The first kappa shape index (κ1) is 18.5. The Balaban J connectivity index is 2.47. The highest BCUT2D eigenvalue weighted by Crippen LogP contribution is 2.39. The van der Waals surface area contributed by atoms with Gasteiger partial charge in [-0.3, -0.25) is 0 Å². The van der Waals surface area contributed by atoms with E-state index < -0.39 is 0 Å². The fourth-order valence-electron chi connectivity index (χ4n) is 1.74. The normalized spacial score (nSPS) is 10.6. The van der Waals surface area contributed by atoms with Crippen molar-refractivity contribution in [1.82, 2.24) is 0 Å². The van der Waals surface area contributed by atoms with Crippen molar-refractivity contribution in [1.29, 1.82) is 10.5 Å². The molecule has 0 spiro atoms. The largest absolute Gasteiger partial charge is 0.192 e. The minimum atomic E-state index is 0.0132. The maximum atomic E-state index is 8.88. The molecule has 0 heterocycles. The molecule has 0 aromatic heterocycles. The van der Waals surface area contributed by atoms with Crippen LogP contribution in [-0.4, -0.2) is 0 Å². The summed E-state index contributed by atoms with van der Waals surface area (Å²) < 4.78 is 0. The summed E-state index contributed by atoms with van der Waals surface area (Å²) in [7, 11) is 0. The second-order valence-electron chi connectivity index (χ2n) is 4.52. The summed E-state index contributed by atoms with van der Waals surface area (Å²) in [5, 5.41) is 19.5. The third-order valence-corrected chi connectivity index (χ3v) is 4.96. The summed E-state index contributed by atoms with van der Waals surface area (Å²) in [5.74, 6) is 0. The van der Waals surface area contributed by atoms with Crippen LogP contribution in [0.25, 0.3) is 4.91 Å². The molecule has 0 saturated carbocycles. The first-order valence-electron chi connectivity index (χ1n) is 6.64. The first-order chi connectivity index (χ1) is 11.5. The van der Waals surface area contributed by atoms with Crippen LogP contribution in [0, 0.1) is 22.7 Å². The summed E-state index contributed by atoms with van der Waals surface area (Å²) in [6.45, 7) is 0. The van der Waals surface area contributed by atoms with Crippen molar-refractivity contribution >= 4 is 51.5 Å². The van der Waals surface area contributed by atoms with Gasteiger partial charge in [-0.1, -0.05) is 58.7 Å². The van der Waals surface area contributed by atoms with E-state index in [0.29, 0.717) is 15.1 Å². The van der Waals surface area contributed by atoms with Crippen molar-refractivity contribution in [3.8, 4) is 12.1 Å². The standard InChI is InChI=1S/C18H9Cl3N2S/c19-14-4-2-13(3-5-14)17(8-1-12(10-22)11-23)24-18-9-15(20)6-7-16(18)21/h1-9H. The fraction of sp³-hybridized carbons (Fsp3) is 0. The molecular formula is C18H9Cl3N2S. The molecule has 24 heavy (non-hydrogen) atoms. The Kier molecular flexibility index (Phi) is 6.79. The Labute approximate surface area is 159 Å². The zero-order chi connectivity index (χ0) is 17.5. The number of halogens is 3. The molecule has 0 bridgehead atoms. The summed E-state index contributed by atoms with van der Waals surface area (Å²) >= 11 is 19.6. The molecule has 2 aromatic carbocycles. The molecule has 0 unspecified atom stereocenters. The van der Waals surface area contributed by atoms with E-state index in [-0.39, 0.29) is 5.57 Å². The molecule has 0 aliphatic carbocycles. The molecule has 118 valence electrons. The van der Waals surface area contributed by atoms with Crippen LogP contribution in [0.1, 0.15) is 5.56 Å². The van der Waals surface area contributed by atoms with Crippen molar-refractivity contribution in [2.45, 2.75) is 4.90 Å². The van der Waals surface area contributed by atoms with Gasteiger partial charge in [0, 0.05) is 19.8 Å². The van der Waals surface area contributed by atoms with E-state index in [2.05, 4.69) is 0 Å². The van der Waals surface area contributed by atoms with Crippen molar-refractivity contribution < 1.29 is 0 Å². The van der Waals surface area contributed by atoms with Gasteiger partial charge in [-0.25, -0.2) is 0 Å². The lowest BCUT2D eigenvalue weighted by Gasteiger charge is -2.09. The van der Waals surface area contributed by atoms with Crippen molar-refractivity contribution in [2.24, 2.45) is 0 Å².